The van der Waals surface area contributed by atoms with E-state index in [1.165, 1.54) is 42.6 Å². The smallest absolute Gasteiger partial charge is 0.311 e. The summed E-state index contributed by atoms with van der Waals surface area (Å²) in [6.45, 7) is -0.582. The van der Waals surface area contributed by atoms with E-state index in [0.29, 0.717) is 27.9 Å². The minimum Gasteiger partial charge on any atom is -0.477 e. The monoisotopic (exact) mass is 537 g/mol. The number of anilines is 1. The molecule has 0 spiro atoms. The van der Waals surface area contributed by atoms with Crippen LogP contribution in [0.25, 0.3) is 22.3 Å². The highest BCUT2D eigenvalue weighted by atomic mass is 19.1. The lowest BCUT2D eigenvalue weighted by molar-refractivity contribution is -0.385. The van der Waals surface area contributed by atoms with Gasteiger partial charge in [0.1, 0.15) is 5.82 Å². The third-order valence-corrected chi connectivity index (χ3v) is 5.79. The van der Waals surface area contributed by atoms with Gasteiger partial charge in [0, 0.05) is 17.2 Å². The molecule has 40 heavy (non-hydrogen) atoms. The number of carbonyl (C=O) groups is 1. The Kier molecular flexibility index (Phi) is 7.36. The summed E-state index contributed by atoms with van der Waals surface area (Å²) in [5, 5.41) is 18.8. The number of ether oxygens (including phenoxy) is 1. The van der Waals surface area contributed by atoms with Gasteiger partial charge in [0.05, 0.1) is 27.7 Å². The van der Waals surface area contributed by atoms with Crippen LogP contribution in [0.1, 0.15) is 5.56 Å². The molecule has 1 heterocycles. The zero-order valence-electron chi connectivity index (χ0n) is 20.7. The predicted molar refractivity (Wildman–Crippen MR) is 148 cm³/mol. The molecule has 0 aliphatic heterocycles. The van der Waals surface area contributed by atoms with Crippen LogP contribution in [-0.2, 0) is 4.79 Å². The second-order valence-electron chi connectivity index (χ2n) is 8.48. The number of benzene rings is 4. The molecule has 1 amide bonds. The maximum absolute atomic E-state index is 13.8. The van der Waals surface area contributed by atoms with Gasteiger partial charge < -0.3 is 10.1 Å². The zero-order valence-corrected chi connectivity index (χ0v) is 20.7. The largest absolute Gasteiger partial charge is 0.477 e. The predicted octanol–water partition coefficient (Wildman–Crippen LogP) is 5.01. The number of carbonyl (C=O) groups excluding carboxylic acids is 1. The van der Waals surface area contributed by atoms with Crippen molar-refractivity contribution in [2.75, 3.05) is 11.9 Å². The molecule has 4 aromatic carbocycles. The Morgan fingerprint density at radius 2 is 1.75 bits per heavy atom. The molecule has 0 aliphatic rings. The highest BCUT2D eigenvalue weighted by Gasteiger charge is 2.18. The Morgan fingerprint density at radius 1 is 1.02 bits per heavy atom. The van der Waals surface area contributed by atoms with Gasteiger partial charge in [-0.2, -0.15) is 9.78 Å². The second kappa shape index (κ2) is 11.4. The van der Waals surface area contributed by atoms with Gasteiger partial charge in [-0.05, 0) is 36.4 Å². The molecule has 0 fully saturated rings. The Labute approximate surface area is 226 Å². The van der Waals surface area contributed by atoms with E-state index in [9.17, 15) is 24.1 Å². The Bertz CT molecular complexity index is 1820. The van der Waals surface area contributed by atoms with E-state index in [1.807, 2.05) is 18.2 Å². The fourth-order valence-electron chi connectivity index (χ4n) is 3.90. The van der Waals surface area contributed by atoms with Crippen molar-refractivity contribution in [3.63, 3.8) is 0 Å². The first-order chi connectivity index (χ1) is 19.4. The molecule has 0 radical (unpaired) electrons. The van der Waals surface area contributed by atoms with E-state index < -0.39 is 34.5 Å². The van der Waals surface area contributed by atoms with Gasteiger partial charge in [0.25, 0.3) is 11.5 Å². The first-order valence-corrected chi connectivity index (χ1v) is 12.0. The maximum atomic E-state index is 13.8. The van der Waals surface area contributed by atoms with Crippen molar-refractivity contribution in [2.24, 2.45) is 5.10 Å². The molecular weight excluding hydrogens is 517 g/mol. The van der Waals surface area contributed by atoms with Crippen LogP contribution in [0.5, 0.6) is 5.75 Å². The third-order valence-electron chi connectivity index (χ3n) is 5.79. The van der Waals surface area contributed by atoms with Crippen LogP contribution >= 0.6 is 0 Å². The minimum absolute atomic E-state index is 0.0366. The highest BCUT2D eigenvalue weighted by molar-refractivity contribution is 5.92. The molecule has 0 bridgehead atoms. The number of nitro benzene ring substituents is 1. The van der Waals surface area contributed by atoms with Gasteiger partial charge in [-0.15, -0.1) is 0 Å². The molecule has 10 nitrogen and oxygen atoms in total. The topological polar surface area (TPSA) is 129 Å². The third kappa shape index (κ3) is 5.58. The number of fused-ring (bicyclic) bond motifs is 1. The average Bonchev–Trinajstić information content (AvgIpc) is 2.97. The van der Waals surface area contributed by atoms with Gasteiger partial charge in [-0.1, -0.05) is 54.6 Å². The summed E-state index contributed by atoms with van der Waals surface area (Å²) in [5.74, 6) is -1.18. The number of amides is 1. The zero-order chi connectivity index (χ0) is 28.1. The quantitative estimate of drug-likeness (QED) is 0.168. The summed E-state index contributed by atoms with van der Waals surface area (Å²) in [7, 11) is 0. The van der Waals surface area contributed by atoms with Gasteiger partial charge in [-0.3, -0.25) is 19.7 Å². The number of rotatable bonds is 8. The minimum atomic E-state index is -0.693. The summed E-state index contributed by atoms with van der Waals surface area (Å²) >= 11 is 0. The van der Waals surface area contributed by atoms with Crippen LogP contribution in [0.2, 0.25) is 0 Å². The van der Waals surface area contributed by atoms with Gasteiger partial charge in [0.15, 0.2) is 18.2 Å². The number of aromatic nitrogens is 2. The van der Waals surface area contributed by atoms with E-state index in [1.54, 1.807) is 42.5 Å². The summed E-state index contributed by atoms with van der Waals surface area (Å²) in [5.41, 5.74) is 0.602. The Morgan fingerprint density at radius 3 is 2.52 bits per heavy atom. The van der Waals surface area contributed by atoms with Crippen LogP contribution < -0.4 is 15.6 Å². The molecule has 1 aromatic heterocycles. The fourth-order valence-corrected chi connectivity index (χ4v) is 3.90. The number of nitro groups is 1. The number of halogens is 1. The Balaban J connectivity index is 1.42. The van der Waals surface area contributed by atoms with Crippen LogP contribution in [0, 0.1) is 15.9 Å². The van der Waals surface area contributed by atoms with E-state index in [-0.39, 0.29) is 11.4 Å². The molecule has 0 saturated heterocycles. The van der Waals surface area contributed by atoms with Gasteiger partial charge in [-0.25, -0.2) is 9.37 Å². The summed E-state index contributed by atoms with van der Waals surface area (Å²) in [6.07, 6.45) is 1.30. The molecule has 0 unspecified atom stereocenters. The van der Waals surface area contributed by atoms with Crippen LogP contribution in [0.3, 0.4) is 0 Å². The molecule has 0 saturated carbocycles. The van der Waals surface area contributed by atoms with Crippen molar-refractivity contribution in [2.45, 2.75) is 0 Å². The van der Waals surface area contributed by atoms with Crippen molar-refractivity contribution < 1.29 is 18.8 Å². The first kappa shape index (κ1) is 25.9. The standard InChI is InChI=1S/C29H20FN5O5/c30-22-11-5-7-13-24(22)32-27(36)18-40-26-15-14-19(16-25(26)35(38)39)17-31-34-28(20-8-2-1-3-9-20)33-23-12-6-4-10-21(23)29(34)37/h1-17H,18H2,(H,32,36). The van der Waals surface area contributed by atoms with Crippen molar-refractivity contribution in [3.05, 3.63) is 129 Å². The molecule has 11 heteroatoms. The number of hydrogen-bond donors (Lipinski definition) is 1. The average molecular weight is 538 g/mol. The highest BCUT2D eigenvalue weighted by Crippen LogP contribution is 2.28. The van der Waals surface area contributed by atoms with Crippen molar-refractivity contribution in [3.8, 4) is 17.1 Å². The van der Waals surface area contributed by atoms with Gasteiger partial charge in [0.2, 0.25) is 0 Å². The first-order valence-electron chi connectivity index (χ1n) is 12.0. The Hall–Kier alpha value is -5.71. The second-order valence-corrected chi connectivity index (χ2v) is 8.48. The lowest BCUT2D eigenvalue weighted by atomic mass is 10.2. The molecule has 5 aromatic rings. The molecule has 198 valence electrons. The van der Waals surface area contributed by atoms with Gasteiger partial charge >= 0.3 is 5.69 Å². The van der Waals surface area contributed by atoms with Crippen molar-refractivity contribution in [1.82, 2.24) is 9.66 Å². The lowest BCUT2D eigenvalue weighted by Gasteiger charge is -2.10. The molecule has 0 aliphatic carbocycles. The lowest BCUT2D eigenvalue weighted by Crippen LogP contribution is -2.21. The normalized spacial score (nSPS) is 11.0. The van der Waals surface area contributed by atoms with Crippen molar-refractivity contribution in [1.29, 1.82) is 0 Å². The fraction of sp³-hybridized carbons (Fsp3) is 0.0345. The van der Waals surface area contributed by atoms with Crippen LogP contribution in [0.15, 0.2) is 107 Å². The van der Waals surface area contributed by atoms with E-state index in [4.69, 9.17) is 4.74 Å². The SMILES string of the molecule is O=C(COc1ccc(C=Nn2c(-c3ccccc3)nc3ccccc3c2=O)cc1[N+](=O)[O-])Nc1ccccc1F. The molecular formula is C29H20FN5O5. The summed E-state index contributed by atoms with van der Waals surface area (Å²) < 4.78 is 20.3. The summed E-state index contributed by atoms with van der Waals surface area (Å²) in [4.78, 5) is 41.2. The summed E-state index contributed by atoms with van der Waals surface area (Å²) in [6, 6.07) is 25.5. The molecule has 5 rings (SSSR count). The van der Waals surface area contributed by atoms with Crippen LogP contribution in [-0.4, -0.2) is 33.3 Å². The number of nitrogens with one attached hydrogen (secondary N) is 1. The maximum Gasteiger partial charge on any atom is 0.311 e. The molecule has 0 atom stereocenters. The molecule has 1 N–H and O–H groups in total. The van der Waals surface area contributed by atoms with E-state index in [2.05, 4.69) is 15.4 Å². The van der Waals surface area contributed by atoms with Crippen molar-refractivity contribution >= 4 is 34.4 Å². The number of para-hydroxylation sites is 2. The van der Waals surface area contributed by atoms with E-state index >= 15 is 0 Å². The van der Waals surface area contributed by atoms with E-state index in [0.717, 1.165) is 4.68 Å². The number of nitrogens with zero attached hydrogens (tertiary/aromatic N) is 4. The van der Waals surface area contributed by atoms with Crippen LogP contribution in [0.4, 0.5) is 15.8 Å². The number of hydrogen-bond acceptors (Lipinski definition) is 7.